The van der Waals surface area contributed by atoms with Gasteiger partial charge in [0.2, 0.25) is 0 Å². The molecule has 0 aliphatic rings. The Morgan fingerprint density at radius 2 is 2.33 bits per heavy atom. The van der Waals surface area contributed by atoms with Crippen LogP contribution in [0.2, 0.25) is 0 Å². The molecule has 0 aliphatic carbocycles. The smallest absolute Gasteiger partial charge is 0.0434 e. The lowest BCUT2D eigenvalue weighted by molar-refractivity contribution is 0.289. The lowest BCUT2D eigenvalue weighted by Crippen LogP contribution is -1.84. The van der Waals surface area contributed by atoms with E-state index in [0.717, 1.165) is 19.3 Å². The van der Waals surface area contributed by atoms with Crippen LogP contribution in [-0.4, -0.2) is 11.7 Å². The zero-order valence-electron chi connectivity index (χ0n) is 7.14. The lowest BCUT2D eigenvalue weighted by Gasteiger charge is -1.91. The van der Waals surface area contributed by atoms with Crippen molar-refractivity contribution in [1.82, 2.24) is 0 Å². The minimum atomic E-state index is 0.289. The van der Waals surface area contributed by atoms with Gasteiger partial charge in [0, 0.05) is 20.8 Å². The molecule has 1 rings (SSSR count). The van der Waals surface area contributed by atoms with E-state index in [2.05, 4.69) is 28.9 Å². The highest BCUT2D eigenvalue weighted by molar-refractivity contribution is 9.10. The third-order valence-electron chi connectivity index (χ3n) is 1.71. The molecule has 1 nitrogen and oxygen atoms in total. The highest BCUT2D eigenvalue weighted by Gasteiger charge is 2.03. The molecular formula is C9H13BrOS. The van der Waals surface area contributed by atoms with Crippen LogP contribution in [-0.2, 0) is 12.8 Å². The topological polar surface area (TPSA) is 20.2 Å². The molecule has 1 aromatic rings. The molecule has 0 radical (unpaired) electrons. The van der Waals surface area contributed by atoms with E-state index < -0.39 is 0 Å². The second kappa shape index (κ2) is 5.00. The summed E-state index contributed by atoms with van der Waals surface area (Å²) in [7, 11) is 0. The van der Waals surface area contributed by atoms with Gasteiger partial charge in [-0.15, -0.1) is 11.3 Å². The molecule has 0 amide bonds. The van der Waals surface area contributed by atoms with Crippen LogP contribution < -0.4 is 0 Å². The second-order valence-corrected chi connectivity index (χ2v) is 4.74. The standard InChI is InChI=1S/C9H13BrOS/c1-2-9-8(10)6-7(12-9)4-3-5-11/h6,11H,2-5H2,1H3. The average Bonchev–Trinajstić information content (AvgIpc) is 2.43. The normalized spacial score (nSPS) is 10.6. The summed E-state index contributed by atoms with van der Waals surface area (Å²) in [6, 6.07) is 2.17. The Labute approximate surface area is 85.6 Å². The summed E-state index contributed by atoms with van der Waals surface area (Å²) in [5.41, 5.74) is 0. The van der Waals surface area contributed by atoms with Crippen molar-refractivity contribution >= 4 is 27.3 Å². The predicted octanol–water partition coefficient (Wildman–Crippen LogP) is 3.00. The van der Waals surface area contributed by atoms with Gasteiger partial charge in [-0.25, -0.2) is 0 Å². The third kappa shape index (κ3) is 2.57. The Morgan fingerprint density at radius 1 is 1.58 bits per heavy atom. The Kier molecular flexibility index (Phi) is 4.26. The fraction of sp³-hybridized carbons (Fsp3) is 0.556. The van der Waals surface area contributed by atoms with Gasteiger partial charge in [-0.05, 0) is 41.3 Å². The van der Waals surface area contributed by atoms with Crippen molar-refractivity contribution in [2.75, 3.05) is 6.61 Å². The van der Waals surface area contributed by atoms with E-state index in [1.54, 1.807) is 0 Å². The van der Waals surface area contributed by atoms with Crippen molar-refractivity contribution in [2.24, 2.45) is 0 Å². The number of rotatable bonds is 4. The first-order valence-electron chi connectivity index (χ1n) is 4.16. The Morgan fingerprint density at radius 3 is 2.83 bits per heavy atom. The molecule has 68 valence electrons. The summed E-state index contributed by atoms with van der Waals surface area (Å²) >= 11 is 5.36. The number of hydrogen-bond acceptors (Lipinski definition) is 2. The van der Waals surface area contributed by atoms with E-state index in [1.165, 1.54) is 14.2 Å². The van der Waals surface area contributed by atoms with Crippen LogP contribution in [0.5, 0.6) is 0 Å². The number of aryl methyl sites for hydroxylation is 2. The minimum Gasteiger partial charge on any atom is -0.396 e. The molecule has 0 bridgehead atoms. The lowest BCUT2D eigenvalue weighted by atomic mass is 10.3. The summed E-state index contributed by atoms with van der Waals surface area (Å²) < 4.78 is 1.22. The second-order valence-electron chi connectivity index (χ2n) is 2.66. The molecule has 0 aliphatic heterocycles. The van der Waals surface area contributed by atoms with Gasteiger partial charge in [0.1, 0.15) is 0 Å². The highest BCUT2D eigenvalue weighted by atomic mass is 79.9. The van der Waals surface area contributed by atoms with Crippen molar-refractivity contribution < 1.29 is 5.11 Å². The Bertz CT molecular complexity index is 245. The van der Waals surface area contributed by atoms with Crippen LogP contribution in [0.15, 0.2) is 10.5 Å². The van der Waals surface area contributed by atoms with Gasteiger partial charge in [-0.2, -0.15) is 0 Å². The van der Waals surface area contributed by atoms with E-state index in [4.69, 9.17) is 5.11 Å². The quantitative estimate of drug-likeness (QED) is 0.869. The van der Waals surface area contributed by atoms with Crippen LogP contribution in [0, 0.1) is 0 Å². The van der Waals surface area contributed by atoms with E-state index in [0.29, 0.717) is 0 Å². The summed E-state index contributed by atoms with van der Waals surface area (Å²) in [5.74, 6) is 0. The van der Waals surface area contributed by atoms with Crippen LogP contribution in [0.1, 0.15) is 23.1 Å². The Hall–Kier alpha value is 0.140. The third-order valence-corrected chi connectivity index (χ3v) is 4.02. The first-order chi connectivity index (χ1) is 5.77. The highest BCUT2D eigenvalue weighted by Crippen LogP contribution is 2.28. The van der Waals surface area contributed by atoms with Crippen LogP contribution in [0.3, 0.4) is 0 Å². The maximum atomic E-state index is 8.65. The van der Waals surface area contributed by atoms with Crippen molar-refractivity contribution in [1.29, 1.82) is 0 Å². The number of aliphatic hydroxyl groups is 1. The van der Waals surface area contributed by atoms with Gasteiger partial charge in [0.25, 0.3) is 0 Å². The fourth-order valence-electron chi connectivity index (χ4n) is 1.08. The van der Waals surface area contributed by atoms with Gasteiger partial charge in [-0.3, -0.25) is 0 Å². The molecule has 1 heterocycles. The van der Waals surface area contributed by atoms with Crippen molar-refractivity contribution in [3.63, 3.8) is 0 Å². The van der Waals surface area contributed by atoms with E-state index in [1.807, 2.05) is 11.3 Å². The molecular weight excluding hydrogens is 236 g/mol. The molecule has 0 saturated heterocycles. The van der Waals surface area contributed by atoms with Crippen molar-refractivity contribution in [3.05, 3.63) is 20.3 Å². The fourth-order valence-corrected chi connectivity index (χ4v) is 3.07. The van der Waals surface area contributed by atoms with Gasteiger partial charge in [-0.1, -0.05) is 6.92 Å². The molecule has 0 atom stereocenters. The van der Waals surface area contributed by atoms with Gasteiger partial charge in [0.05, 0.1) is 0 Å². The van der Waals surface area contributed by atoms with Crippen molar-refractivity contribution in [2.45, 2.75) is 26.2 Å². The molecule has 12 heavy (non-hydrogen) atoms. The van der Waals surface area contributed by atoms with Crippen LogP contribution in [0.25, 0.3) is 0 Å². The largest absolute Gasteiger partial charge is 0.396 e. The number of thiophene rings is 1. The van der Waals surface area contributed by atoms with E-state index in [9.17, 15) is 0 Å². The predicted molar refractivity (Wildman–Crippen MR) is 56.8 cm³/mol. The Balaban J connectivity index is 2.62. The SMILES string of the molecule is CCc1sc(CCCO)cc1Br. The van der Waals surface area contributed by atoms with Crippen molar-refractivity contribution in [3.8, 4) is 0 Å². The zero-order valence-corrected chi connectivity index (χ0v) is 9.54. The summed E-state index contributed by atoms with van der Waals surface area (Å²) in [6.07, 6.45) is 2.96. The molecule has 3 heteroatoms. The van der Waals surface area contributed by atoms with E-state index in [-0.39, 0.29) is 6.61 Å². The first-order valence-corrected chi connectivity index (χ1v) is 5.76. The number of hydrogen-bond donors (Lipinski definition) is 1. The molecule has 0 fully saturated rings. The van der Waals surface area contributed by atoms with Crippen LogP contribution >= 0.6 is 27.3 Å². The van der Waals surface area contributed by atoms with E-state index >= 15 is 0 Å². The number of aliphatic hydroxyl groups excluding tert-OH is 1. The summed E-state index contributed by atoms with van der Waals surface area (Å²) in [6.45, 7) is 2.45. The molecule has 0 saturated carbocycles. The molecule has 1 aromatic heterocycles. The summed E-state index contributed by atoms with van der Waals surface area (Å²) in [4.78, 5) is 2.77. The van der Waals surface area contributed by atoms with Gasteiger partial charge in [0.15, 0.2) is 0 Å². The zero-order chi connectivity index (χ0) is 8.97. The minimum absolute atomic E-state index is 0.289. The molecule has 0 aromatic carbocycles. The maximum absolute atomic E-state index is 8.65. The van der Waals surface area contributed by atoms with Crippen LogP contribution in [0.4, 0.5) is 0 Å². The first kappa shape index (κ1) is 10.2. The number of halogens is 1. The van der Waals surface area contributed by atoms with Gasteiger partial charge < -0.3 is 5.11 Å². The average molecular weight is 249 g/mol. The molecule has 1 N–H and O–H groups in total. The van der Waals surface area contributed by atoms with Gasteiger partial charge >= 0.3 is 0 Å². The molecule has 0 spiro atoms. The molecule has 0 unspecified atom stereocenters. The monoisotopic (exact) mass is 248 g/mol. The summed E-state index contributed by atoms with van der Waals surface area (Å²) in [5, 5.41) is 8.65. The maximum Gasteiger partial charge on any atom is 0.0434 e.